The van der Waals surface area contributed by atoms with Crippen LogP contribution in [0.4, 0.5) is 52.2 Å². The summed E-state index contributed by atoms with van der Waals surface area (Å²) in [6, 6.07) is 2.94. The lowest BCUT2D eigenvalue weighted by Gasteiger charge is -2.25. The summed E-state index contributed by atoms with van der Waals surface area (Å²) >= 11 is 1.69. The van der Waals surface area contributed by atoms with Crippen LogP contribution >= 0.6 is 22.6 Å². The Morgan fingerprint density at radius 3 is 2.08 bits per heavy atom. The minimum Gasteiger partial charge on any atom is -0.403 e. The predicted octanol–water partition coefficient (Wildman–Crippen LogP) is 5.13. The number of nitrogens with one attached hydrogen (secondary N) is 2. The smallest absolute Gasteiger partial charge is 0.403 e. The molecule has 1 unspecified atom stereocenters. The van der Waals surface area contributed by atoms with Crippen LogP contribution in [0.3, 0.4) is 0 Å². The molecule has 0 radical (unpaired) electrons. The van der Waals surface area contributed by atoms with Crippen molar-refractivity contribution in [1.29, 1.82) is 0 Å². The first-order chi connectivity index (χ1) is 17.4. The lowest BCUT2D eigenvalue weighted by molar-refractivity contribution is -0.277. The molecular weight excluding hydrogens is 675 g/mol. The molecule has 0 heterocycles. The fourth-order valence-corrected chi connectivity index (χ4v) is 5.61. The Morgan fingerprint density at radius 2 is 1.58 bits per heavy atom. The van der Waals surface area contributed by atoms with Gasteiger partial charge in [0.1, 0.15) is 17.2 Å². The minimum atomic E-state index is -5.61. The third-order valence-electron chi connectivity index (χ3n) is 5.27. The fourth-order valence-electron chi connectivity index (χ4n) is 3.42. The maximum Gasteiger partial charge on any atom is 0.573 e. The van der Waals surface area contributed by atoms with E-state index in [-0.39, 0.29) is 18.9 Å². The molecule has 212 valence electrons. The Balaban J connectivity index is 2.23. The second kappa shape index (κ2) is 10.7. The highest BCUT2D eigenvalue weighted by Crippen LogP contribution is 2.51. The molecule has 18 heteroatoms. The predicted molar refractivity (Wildman–Crippen MR) is 124 cm³/mol. The molecule has 8 nitrogen and oxygen atoms in total. The highest BCUT2D eigenvalue weighted by molar-refractivity contribution is 14.1. The van der Waals surface area contributed by atoms with E-state index in [2.05, 4.69) is 9.47 Å². The van der Waals surface area contributed by atoms with Gasteiger partial charge in [-0.2, -0.15) is 0 Å². The number of aliphatic hydroxyl groups is 2. The third-order valence-corrected chi connectivity index (χ3v) is 8.13. The Kier molecular flexibility index (Phi) is 8.50. The molecule has 0 saturated heterocycles. The van der Waals surface area contributed by atoms with Crippen molar-refractivity contribution in [3.05, 3.63) is 39.5 Å². The van der Waals surface area contributed by atoms with Crippen LogP contribution in [-0.4, -0.2) is 48.8 Å². The van der Waals surface area contributed by atoms with Gasteiger partial charge in [-0.3, -0.25) is 4.72 Å². The summed E-state index contributed by atoms with van der Waals surface area (Å²) in [6.07, 6.45) is -13.6. The molecule has 1 fully saturated rings. The van der Waals surface area contributed by atoms with Gasteiger partial charge in [-0.05, 0) is 60.1 Å². The second-order valence-corrected chi connectivity index (χ2v) is 11.4. The lowest BCUT2D eigenvalue weighted by Crippen LogP contribution is -2.35. The molecule has 0 aliphatic heterocycles. The Morgan fingerprint density at radius 1 is 1.00 bits per heavy atom. The zero-order valence-electron chi connectivity index (χ0n) is 18.6. The maximum absolute atomic E-state index is 15.3. The van der Waals surface area contributed by atoms with Gasteiger partial charge >= 0.3 is 12.7 Å². The summed E-state index contributed by atoms with van der Waals surface area (Å²) < 4.78 is 141. The molecule has 0 aromatic heterocycles. The van der Waals surface area contributed by atoms with E-state index in [0.717, 1.165) is 12.1 Å². The van der Waals surface area contributed by atoms with E-state index < -0.39 is 86.8 Å². The number of alkyl halides is 6. The number of rotatable bonds is 10. The molecule has 1 aliphatic carbocycles. The normalized spacial score (nSPS) is 16.1. The topological polar surface area (TPSA) is 117 Å². The monoisotopic (exact) mass is 692 g/mol. The van der Waals surface area contributed by atoms with Crippen molar-refractivity contribution in [1.82, 2.24) is 0 Å². The Hall–Kier alpha value is -2.32. The molecule has 1 saturated carbocycles. The molecule has 0 amide bonds. The average Bonchev–Trinajstić information content (AvgIpc) is 3.54. The number of ether oxygens (including phenoxy) is 2. The molecule has 2 aromatic rings. The van der Waals surface area contributed by atoms with Crippen molar-refractivity contribution in [3.63, 3.8) is 0 Å². The molecule has 1 atom stereocenters. The zero-order chi connectivity index (χ0) is 28.7. The molecule has 3 rings (SSSR count). The number of sulfonamides is 1. The zero-order valence-corrected chi connectivity index (χ0v) is 21.5. The summed E-state index contributed by atoms with van der Waals surface area (Å²) in [4.78, 5) is 0. The van der Waals surface area contributed by atoms with Crippen LogP contribution in [-0.2, 0) is 10.0 Å². The number of hydrogen-bond donors (Lipinski definition) is 4. The molecule has 0 bridgehead atoms. The van der Waals surface area contributed by atoms with Crippen LogP contribution in [0.2, 0.25) is 0 Å². The van der Waals surface area contributed by atoms with Crippen LogP contribution in [0, 0.1) is 15.2 Å². The summed E-state index contributed by atoms with van der Waals surface area (Å²) in [5.41, 5.74) is -3.38. The number of aliphatic hydroxyl groups excluding tert-OH is 2. The minimum absolute atomic E-state index is 0.124. The van der Waals surface area contributed by atoms with Gasteiger partial charge in [0.2, 0.25) is 10.0 Å². The highest BCUT2D eigenvalue weighted by atomic mass is 127. The molecule has 2 aromatic carbocycles. The second-order valence-electron chi connectivity index (χ2n) is 8.11. The van der Waals surface area contributed by atoms with E-state index in [9.17, 15) is 44.3 Å². The van der Waals surface area contributed by atoms with Gasteiger partial charge in [-0.25, -0.2) is 17.2 Å². The van der Waals surface area contributed by atoms with Gasteiger partial charge in [0, 0.05) is 9.64 Å². The van der Waals surface area contributed by atoms with E-state index in [1.54, 1.807) is 27.3 Å². The van der Waals surface area contributed by atoms with Crippen LogP contribution in [0.5, 0.6) is 11.5 Å². The molecule has 0 spiro atoms. The fraction of sp³-hybridized carbons (Fsp3) is 0.400. The van der Waals surface area contributed by atoms with Crippen molar-refractivity contribution in [2.75, 3.05) is 16.6 Å². The quantitative estimate of drug-likeness (QED) is 0.202. The van der Waals surface area contributed by atoms with Crippen molar-refractivity contribution in [2.24, 2.45) is 0 Å². The lowest BCUT2D eigenvalue weighted by atomic mass is 10.2. The molecule has 1 aliphatic rings. The standard InChI is InChI=1S/C20H17F8IN2O6S/c21-11-5-9(29)1-2-12(11)30-17-15(22)13(36-19(23,24)25)6-14(37-20(26,27)28)16(17)31-38(34,35)18(3-4-18)7-10(33)8-32/h1-2,5-6,10,30-33H,3-4,7-8H2. The van der Waals surface area contributed by atoms with Crippen molar-refractivity contribution >= 4 is 49.7 Å². The highest BCUT2D eigenvalue weighted by Gasteiger charge is 2.56. The van der Waals surface area contributed by atoms with Crippen molar-refractivity contribution in [2.45, 2.75) is 42.8 Å². The van der Waals surface area contributed by atoms with Gasteiger partial charge in [-0.15, -0.1) is 26.3 Å². The third kappa shape index (κ3) is 7.20. The molecule has 38 heavy (non-hydrogen) atoms. The largest absolute Gasteiger partial charge is 0.573 e. The summed E-state index contributed by atoms with van der Waals surface area (Å²) in [6.45, 7) is -0.850. The molecular formula is C20H17F8IN2O6S. The van der Waals surface area contributed by atoms with Gasteiger partial charge in [0.25, 0.3) is 0 Å². The Bertz CT molecular complexity index is 1300. The van der Waals surface area contributed by atoms with E-state index in [4.69, 9.17) is 5.11 Å². The maximum atomic E-state index is 15.3. The number of halogens is 9. The Labute approximate surface area is 223 Å². The average molecular weight is 692 g/mol. The summed E-state index contributed by atoms with van der Waals surface area (Å²) in [5.74, 6) is -6.65. The van der Waals surface area contributed by atoms with Gasteiger partial charge in [0.05, 0.1) is 23.1 Å². The van der Waals surface area contributed by atoms with Crippen molar-refractivity contribution in [3.8, 4) is 11.5 Å². The van der Waals surface area contributed by atoms with E-state index >= 15 is 4.39 Å². The van der Waals surface area contributed by atoms with E-state index in [0.29, 0.717) is 3.57 Å². The van der Waals surface area contributed by atoms with E-state index in [1.165, 1.54) is 6.07 Å². The SMILES string of the molecule is O=S(=O)(Nc1c(OC(F)(F)F)cc(OC(F)(F)F)c(F)c1Nc1ccc(I)cc1F)C1(CC(O)CO)CC1. The van der Waals surface area contributed by atoms with Crippen LogP contribution in [0.15, 0.2) is 24.3 Å². The van der Waals surface area contributed by atoms with Crippen LogP contribution in [0.1, 0.15) is 19.3 Å². The van der Waals surface area contributed by atoms with Crippen molar-refractivity contribution < 1.29 is 63.2 Å². The first-order valence-electron chi connectivity index (χ1n) is 10.3. The van der Waals surface area contributed by atoms with E-state index in [1.807, 2.05) is 5.32 Å². The molecule has 4 N–H and O–H groups in total. The first-order valence-corrected chi connectivity index (χ1v) is 12.8. The summed E-state index contributed by atoms with van der Waals surface area (Å²) in [7, 11) is -4.81. The summed E-state index contributed by atoms with van der Waals surface area (Å²) in [5, 5.41) is 20.7. The van der Waals surface area contributed by atoms with Gasteiger partial charge in [0.15, 0.2) is 17.3 Å². The first kappa shape index (κ1) is 30.2. The van der Waals surface area contributed by atoms with Gasteiger partial charge in [-0.1, -0.05) is 0 Å². The number of benzene rings is 2. The van der Waals surface area contributed by atoms with Gasteiger partial charge < -0.3 is 25.0 Å². The number of hydrogen-bond acceptors (Lipinski definition) is 7. The van der Waals surface area contributed by atoms with Crippen LogP contribution < -0.4 is 19.5 Å². The van der Waals surface area contributed by atoms with Crippen LogP contribution in [0.25, 0.3) is 0 Å². The number of anilines is 3.